The summed E-state index contributed by atoms with van der Waals surface area (Å²) >= 11 is 0. The monoisotopic (exact) mass is 196 g/mol. The van der Waals surface area contributed by atoms with Gasteiger partial charge in [-0.05, 0) is 32.6 Å². The molecular weight excluding hydrogens is 176 g/mol. The van der Waals surface area contributed by atoms with Crippen molar-refractivity contribution in [2.75, 3.05) is 13.1 Å². The molecule has 1 saturated carbocycles. The predicted molar refractivity (Wildman–Crippen MR) is 55.7 cm³/mol. The molecule has 80 valence electrons. The smallest absolute Gasteiger partial charge is 0.229 e. The van der Waals surface area contributed by atoms with E-state index in [0.717, 1.165) is 12.5 Å². The molecule has 2 atom stereocenters. The standard InChI is InChI=1S/C11H20N2O/c1-11(2,7-12)10(14)13-6-8-4-3-5-9(8)13/h8-9H,3-7,12H2,1-2H3. The van der Waals surface area contributed by atoms with Gasteiger partial charge in [-0.2, -0.15) is 0 Å². The summed E-state index contributed by atoms with van der Waals surface area (Å²) in [5, 5.41) is 0. The maximum absolute atomic E-state index is 12.1. The third-order valence-electron chi connectivity index (χ3n) is 3.80. The molecule has 0 radical (unpaired) electrons. The van der Waals surface area contributed by atoms with Crippen LogP contribution in [-0.4, -0.2) is 29.9 Å². The van der Waals surface area contributed by atoms with Gasteiger partial charge in [0.1, 0.15) is 0 Å². The van der Waals surface area contributed by atoms with Crippen molar-refractivity contribution in [3.05, 3.63) is 0 Å². The van der Waals surface area contributed by atoms with Crippen LogP contribution in [0.2, 0.25) is 0 Å². The maximum Gasteiger partial charge on any atom is 0.229 e. The van der Waals surface area contributed by atoms with Gasteiger partial charge in [-0.3, -0.25) is 4.79 Å². The number of nitrogens with two attached hydrogens (primary N) is 1. The van der Waals surface area contributed by atoms with Gasteiger partial charge < -0.3 is 10.6 Å². The lowest BCUT2D eigenvalue weighted by Gasteiger charge is -2.47. The van der Waals surface area contributed by atoms with Crippen LogP contribution in [0.5, 0.6) is 0 Å². The molecule has 2 rings (SSSR count). The molecule has 14 heavy (non-hydrogen) atoms. The number of hydrogen-bond donors (Lipinski definition) is 1. The number of carbonyl (C=O) groups is 1. The summed E-state index contributed by atoms with van der Waals surface area (Å²) in [6.45, 7) is 5.31. The average Bonchev–Trinajstić information content (AvgIpc) is 2.47. The normalized spacial score (nSPS) is 31.2. The molecule has 1 heterocycles. The molecule has 1 aliphatic carbocycles. The summed E-state index contributed by atoms with van der Waals surface area (Å²) in [6.07, 6.45) is 3.82. The van der Waals surface area contributed by atoms with Crippen molar-refractivity contribution in [3.8, 4) is 0 Å². The van der Waals surface area contributed by atoms with Crippen molar-refractivity contribution >= 4 is 5.91 Å². The SMILES string of the molecule is CC(C)(CN)C(=O)N1CC2CCCC21. The van der Waals surface area contributed by atoms with Gasteiger partial charge in [0.15, 0.2) is 0 Å². The second-order valence-corrected chi connectivity index (χ2v) is 5.30. The highest BCUT2D eigenvalue weighted by atomic mass is 16.2. The fraction of sp³-hybridized carbons (Fsp3) is 0.909. The maximum atomic E-state index is 12.1. The molecular formula is C11H20N2O. The Balaban J connectivity index is 2.00. The van der Waals surface area contributed by atoms with E-state index in [0.29, 0.717) is 12.6 Å². The highest BCUT2D eigenvalue weighted by Gasteiger charge is 2.47. The molecule has 2 fully saturated rings. The summed E-state index contributed by atoms with van der Waals surface area (Å²) in [4.78, 5) is 14.1. The highest BCUT2D eigenvalue weighted by Crippen LogP contribution is 2.40. The van der Waals surface area contributed by atoms with E-state index in [-0.39, 0.29) is 11.3 Å². The molecule has 1 saturated heterocycles. The Hall–Kier alpha value is -0.570. The molecule has 1 aliphatic heterocycles. The number of hydrogen-bond acceptors (Lipinski definition) is 2. The van der Waals surface area contributed by atoms with Gasteiger partial charge in [-0.25, -0.2) is 0 Å². The fourth-order valence-electron chi connectivity index (χ4n) is 2.60. The molecule has 1 amide bonds. The molecule has 0 aromatic carbocycles. The van der Waals surface area contributed by atoms with Crippen LogP contribution in [-0.2, 0) is 4.79 Å². The molecule has 2 N–H and O–H groups in total. The van der Waals surface area contributed by atoms with E-state index in [1.807, 2.05) is 18.7 Å². The number of likely N-dealkylation sites (tertiary alicyclic amines) is 1. The summed E-state index contributed by atoms with van der Waals surface area (Å²) in [7, 11) is 0. The first-order chi connectivity index (χ1) is 6.56. The van der Waals surface area contributed by atoms with Gasteiger partial charge in [0.25, 0.3) is 0 Å². The summed E-state index contributed by atoms with van der Waals surface area (Å²) in [5.41, 5.74) is 5.25. The molecule has 3 nitrogen and oxygen atoms in total. The minimum atomic E-state index is -0.367. The lowest BCUT2D eigenvalue weighted by molar-refractivity contribution is -0.151. The van der Waals surface area contributed by atoms with E-state index < -0.39 is 0 Å². The lowest BCUT2D eigenvalue weighted by Crippen LogP contribution is -2.60. The third kappa shape index (κ3) is 1.34. The Bertz CT molecular complexity index is 250. The quantitative estimate of drug-likeness (QED) is 0.715. The molecule has 0 spiro atoms. The fourth-order valence-corrected chi connectivity index (χ4v) is 2.60. The molecule has 2 aliphatic rings. The largest absolute Gasteiger partial charge is 0.339 e. The second kappa shape index (κ2) is 3.23. The van der Waals surface area contributed by atoms with Gasteiger partial charge in [0.05, 0.1) is 5.41 Å². The number of amides is 1. The minimum Gasteiger partial charge on any atom is -0.339 e. The van der Waals surface area contributed by atoms with Crippen molar-refractivity contribution in [3.63, 3.8) is 0 Å². The molecule has 0 aromatic rings. The Morgan fingerprint density at radius 2 is 2.21 bits per heavy atom. The van der Waals surface area contributed by atoms with Crippen LogP contribution in [0.1, 0.15) is 33.1 Å². The summed E-state index contributed by atoms with van der Waals surface area (Å²) in [5.74, 6) is 1.05. The summed E-state index contributed by atoms with van der Waals surface area (Å²) < 4.78 is 0. The zero-order valence-electron chi connectivity index (χ0n) is 9.12. The van der Waals surface area contributed by atoms with Gasteiger partial charge in [0, 0.05) is 19.1 Å². The molecule has 0 aromatic heterocycles. The van der Waals surface area contributed by atoms with Crippen LogP contribution in [0.3, 0.4) is 0 Å². The van der Waals surface area contributed by atoms with E-state index in [1.54, 1.807) is 0 Å². The topological polar surface area (TPSA) is 46.3 Å². The van der Waals surface area contributed by atoms with E-state index >= 15 is 0 Å². The lowest BCUT2D eigenvalue weighted by atomic mass is 9.85. The van der Waals surface area contributed by atoms with Crippen LogP contribution in [0.15, 0.2) is 0 Å². The first-order valence-corrected chi connectivity index (χ1v) is 5.57. The van der Waals surface area contributed by atoms with Crippen LogP contribution >= 0.6 is 0 Å². The Morgan fingerprint density at radius 3 is 2.79 bits per heavy atom. The first kappa shape index (κ1) is 9.97. The Labute approximate surface area is 85.6 Å². The second-order valence-electron chi connectivity index (χ2n) is 5.30. The number of carbonyl (C=O) groups excluding carboxylic acids is 1. The van der Waals surface area contributed by atoms with Crippen molar-refractivity contribution in [2.24, 2.45) is 17.1 Å². The van der Waals surface area contributed by atoms with E-state index in [9.17, 15) is 4.79 Å². The van der Waals surface area contributed by atoms with Gasteiger partial charge in [0.2, 0.25) is 5.91 Å². The highest BCUT2D eigenvalue weighted by molar-refractivity contribution is 5.83. The summed E-state index contributed by atoms with van der Waals surface area (Å²) in [6, 6.07) is 0.549. The van der Waals surface area contributed by atoms with E-state index in [4.69, 9.17) is 5.73 Å². The van der Waals surface area contributed by atoms with Gasteiger partial charge in [-0.15, -0.1) is 0 Å². The van der Waals surface area contributed by atoms with Crippen molar-refractivity contribution in [2.45, 2.75) is 39.2 Å². The zero-order chi connectivity index (χ0) is 10.3. The Morgan fingerprint density at radius 1 is 1.50 bits per heavy atom. The average molecular weight is 196 g/mol. The number of nitrogens with zero attached hydrogens (tertiary/aromatic N) is 1. The van der Waals surface area contributed by atoms with Gasteiger partial charge >= 0.3 is 0 Å². The molecule has 0 bridgehead atoms. The predicted octanol–water partition coefficient (Wildman–Crippen LogP) is 0.982. The van der Waals surface area contributed by atoms with Crippen molar-refractivity contribution in [1.29, 1.82) is 0 Å². The molecule has 3 heteroatoms. The number of rotatable bonds is 2. The Kier molecular flexibility index (Phi) is 2.30. The van der Waals surface area contributed by atoms with E-state index in [1.165, 1.54) is 19.3 Å². The first-order valence-electron chi connectivity index (χ1n) is 5.57. The van der Waals surface area contributed by atoms with Crippen molar-refractivity contribution in [1.82, 2.24) is 4.90 Å². The molecule has 2 unspecified atom stereocenters. The van der Waals surface area contributed by atoms with Crippen LogP contribution in [0.4, 0.5) is 0 Å². The zero-order valence-corrected chi connectivity index (χ0v) is 9.12. The number of fused-ring (bicyclic) bond motifs is 1. The van der Waals surface area contributed by atoms with Crippen LogP contribution in [0, 0.1) is 11.3 Å². The van der Waals surface area contributed by atoms with Crippen LogP contribution < -0.4 is 5.73 Å². The minimum absolute atomic E-state index is 0.253. The third-order valence-corrected chi connectivity index (χ3v) is 3.80. The van der Waals surface area contributed by atoms with Gasteiger partial charge in [-0.1, -0.05) is 6.42 Å². The van der Waals surface area contributed by atoms with E-state index in [2.05, 4.69) is 0 Å². The van der Waals surface area contributed by atoms with Crippen LogP contribution in [0.25, 0.3) is 0 Å². The van der Waals surface area contributed by atoms with Crippen molar-refractivity contribution < 1.29 is 4.79 Å².